The van der Waals surface area contributed by atoms with E-state index in [1.165, 1.54) is 0 Å². The molecule has 0 bridgehead atoms. The summed E-state index contributed by atoms with van der Waals surface area (Å²) in [5.41, 5.74) is 2.80. The van der Waals surface area contributed by atoms with Crippen LogP contribution < -0.4 is 0 Å². The summed E-state index contributed by atoms with van der Waals surface area (Å²) >= 11 is 5.86. The molecule has 0 aromatic carbocycles. The van der Waals surface area contributed by atoms with Crippen molar-refractivity contribution in [1.29, 1.82) is 0 Å². The number of hydrogen-bond acceptors (Lipinski definition) is 5. The van der Waals surface area contributed by atoms with Gasteiger partial charge in [-0.05, 0) is 25.5 Å². The molecule has 7 heteroatoms. The van der Waals surface area contributed by atoms with Crippen LogP contribution in [0.2, 0.25) is 0 Å². The Morgan fingerprint density at radius 2 is 2.15 bits per heavy atom. The molecule has 3 heterocycles. The van der Waals surface area contributed by atoms with Gasteiger partial charge in [-0.15, -0.1) is 11.6 Å². The number of rotatable bonds is 4. The van der Waals surface area contributed by atoms with Crippen LogP contribution in [0.5, 0.6) is 0 Å². The minimum Gasteiger partial charge on any atom is -0.337 e. The summed E-state index contributed by atoms with van der Waals surface area (Å²) < 4.78 is 7.16. The first-order valence-corrected chi connectivity index (χ1v) is 6.88. The van der Waals surface area contributed by atoms with Gasteiger partial charge >= 0.3 is 0 Å². The van der Waals surface area contributed by atoms with Crippen LogP contribution in [0.15, 0.2) is 16.8 Å². The molecule has 0 unspecified atom stereocenters. The molecule has 0 aliphatic heterocycles. The molecule has 0 N–H and O–H groups in total. The van der Waals surface area contributed by atoms with Crippen molar-refractivity contribution in [2.75, 3.05) is 5.88 Å². The third-order valence-corrected chi connectivity index (χ3v) is 3.28. The Bertz CT molecular complexity index is 748. The minimum absolute atomic E-state index is 0.458. The van der Waals surface area contributed by atoms with Crippen LogP contribution in [0.4, 0.5) is 0 Å². The molecule has 0 saturated heterocycles. The highest BCUT2D eigenvalue weighted by Gasteiger charge is 2.15. The highest BCUT2D eigenvalue weighted by molar-refractivity contribution is 6.17. The average molecular weight is 292 g/mol. The lowest BCUT2D eigenvalue weighted by atomic mass is 10.3. The molecule has 0 saturated carbocycles. The Hall–Kier alpha value is -1.95. The van der Waals surface area contributed by atoms with Gasteiger partial charge in [-0.25, -0.2) is 9.97 Å². The standard InChI is InChI=1S/C13H14ClN5O/c1-8-4-6-15-13-12(8)17-10(3-5-14)19(13)7-11-16-9(2)18-20-11/h4,6H,3,5,7H2,1-2H3. The molecular formula is C13H14ClN5O. The zero-order valence-electron chi connectivity index (χ0n) is 11.3. The Kier molecular flexibility index (Phi) is 3.40. The van der Waals surface area contributed by atoms with Crippen molar-refractivity contribution in [2.45, 2.75) is 26.8 Å². The van der Waals surface area contributed by atoms with Gasteiger partial charge in [0.2, 0.25) is 5.89 Å². The van der Waals surface area contributed by atoms with Gasteiger partial charge in [-0.2, -0.15) is 4.98 Å². The first kappa shape index (κ1) is 13.1. The predicted molar refractivity (Wildman–Crippen MR) is 74.8 cm³/mol. The zero-order valence-corrected chi connectivity index (χ0v) is 12.1. The molecule has 0 amide bonds. The number of alkyl halides is 1. The summed E-state index contributed by atoms with van der Waals surface area (Å²) in [5, 5.41) is 3.80. The second-order valence-electron chi connectivity index (χ2n) is 4.59. The zero-order chi connectivity index (χ0) is 14.1. The van der Waals surface area contributed by atoms with Gasteiger partial charge in [0.05, 0.1) is 0 Å². The van der Waals surface area contributed by atoms with Gasteiger partial charge in [-0.3, -0.25) is 0 Å². The van der Waals surface area contributed by atoms with Crippen LogP contribution in [-0.2, 0) is 13.0 Å². The van der Waals surface area contributed by atoms with Crippen molar-refractivity contribution >= 4 is 22.8 Å². The average Bonchev–Trinajstić information content (AvgIpc) is 2.97. The van der Waals surface area contributed by atoms with Crippen molar-refractivity contribution in [3.8, 4) is 0 Å². The molecule has 104 valence electrons. The number of imidazole rings is 1. The summed E-state index contributed by atoms with van der Waals surface area (Å²) in [6.45, 7) is 4.27. The first-order valence-electron chi connectivity index (χ1n) is 6.35. The van der Waals surface area contributed by atoms with Gasteiger partial charge in [0.15, 0.2) is 11.5 Å². The third kappa shape index (κ3) is 2.27. The van der Waals surface area contributed by atoms with Crippen LogP contribution in [0, 0.1) is 13.8 Å². The normalized spacial score (nSPS) is 11.3. The summed E-state index contributed by atoms with van der Waals surface area (Å²) in [4.78, 5) is 13.3. The van der Waals surface area contributed by atoms with Gasteiger partial charge in [0.25, 0.3) is 0 Å². The van der Waals surface area contributed by atoms with E-state index >= 15 is 0 Å². The van der Waals surface area contributed by atoms with Gasteiger partial charge in [-0.1, -0.05) is 5.16 Å². The lowest BCUT2D eigenvalue weighted by Crippen LogP contribution is -2.07. The van der Waals surface area contributed by atoms with Crippen LogP contribution >= 0.6 is 11.6 Å². The molecular weight excluding hydrogens is 278 g/mol. The fraction of sp³-hybridized carbons (Fsp3) is 0.385. The van der Waals surface area contributed by atoms with E-state index in [1.54, 1.807) is 13.1 Å². The van der Waals surface area contributed by atoms with E-state index < -0.39 is 0 Å². The number of nitrogens with zero attached hydrogens (tertiary/aromatic N) is 5. The van der Waals surface area contributed by atoms with Crippen LogP contribution in [0.1, 0.15) is 23.1 Å². The van der Waals surface area contributed by atoms with Crippen molar-refractivity contribution in [3.05, 3.63) is 35.4 Å². The smallest absolute Gasteiger partial charge is 0.246 e. The van der Waals surface area contributed by atoms with Gasteiger partial charge in [0.1, 0.15) is 17.9 Å². The molecule has 20 heavy (non-hydrogen) atoms. The maximum absolute atomic E-state index is 5.86. The molecule has 0 radical (unpaired) electrons. The van der Waals surface area contributed by atoms with Crippen LogP contribution in [-0.4, -0.2) is 30.6 Å². The first-order chi connectivity index (χ1) is 9.69. The van der Waals surface area contributed by atoms with E-state index in [0.717, 1.165) is 22.6 Å². The number of aromatic nitrogens is 5. The summed E-state index contributed by atoms with van der Waals surface area (Å²) in [6, 6.07) is 1.95. The van der Waals surface area contributed by atoms with Gasteiger partial charge in [0, 0.05) is 18.5 Å². The number of halogens is 1. The molecule has 3 aromatic heterocycles. The largest absolute Gasteiger partial charge is 0.337 e. The molecule has 0 aliphatic carbocycles. The van der Waals surface area contributed by atoms with Crippen LogP contribution in [0.25, 0.3) is 11.2 Å². The molecule has 3 rings (SSSR count). The summed E-state index contributed by atoms with van der Waals surface area (Å²) in [5.74, 6) is 2.55. The molecule has 0 aliphatic rings. The SMILES string of the molecule is Cc1noc(Cn2c(CCCl)nc3c(C)ccnc32)n1. The van der Waals surface area contributed by atoms with Crippen LogP contribution in [0.3, 0.4) is 0 Å². The molecule has 0 fully saturated rings. The van der Waals surface area contributed by atoms with E-state index in [9.17, 15) is 0 Å². The Balaban J connectivity index is 2.11. The van der Waals surface area contributed by atoms with Crippen molar-refractivity contribution in [3.63, 3.8) is 0 Å². The second-order valence-corrected chi connectivity index (χ2v) is 4.97. The Morgan fingerprint density at radius 1 is 1.30 bits per heavy atom. The molecule has 0 spiro atoms. The van der Waals surface area contributed by atoms with Crippen molar-refractivity contribution in [1.82, 2.24) is 24.7 Å². The monoisotopic (exact) mass is 291 g/mol. The van der Waals surface area contributed by atoms with Crippen molar-refractivity contribution < 1.29 is 4.52 Å². The fourth-order valence-corrected chi connectivity index (χ4v) is 2.33. The minimum atomic E-state index is 0.458. The van der Waals surface area contributed by atoms with E-state index in [4.69, 9.17) is 16.1 Å². The highest BCUT2D eigenvalue weighted by Crippen LogP contribution is 2.19. The van der Waals surface area contributed by atoms with E-state index in [2.05, 4.69) is 20.1 Å². The lowest BCUT2D eigenvalue weighted by Gasteiger charge is -2.04. The molecule has 0 atom stereocenters. The van der Waals surface area contributed by atoms with E-state index in [0.29, 0.717) is 30.6 Å². The molecule has 6 nitrogen and oxygen atoms in total. The Morgan fingerprint density at radius 3 is 2.85 bits per heavy atom. The topological polar surface area (TPSA) is 69.6 Å². The number of fused-ring (bicyclic) bond motifs is 1. The third-order valence-electron chi connectivity index (χ3n) is 3.10. The highest BCUT2D eigenvalue weighted by atomic mass is 35.5. The number of hydrogen-bond donors (Lipinski definition) is 0. The van der Waals surface area contributed by atoms with E-state index in [-0.39, 0.29) is 0 Å². The van der Waals surface area contributed by atoms with Gasteiger partial charge < -0.3 is 9.09 Å². The number of aryl methyl sites for hydroxylation is 3. The summed E-state index contributed by atoms with van der Waals surface area (Å²) in [7, 11) is 0. The number of pyridine rings is 1. The fourth-order valence-electron chi connectivity index (χ4n) is 2.16. The van der Waals surface area contributed by atoms with Crippen molar-refractivity contribution in [2.24, 2.45) is 0 Å². The molecule has 3 aromatic rings. The predicted octanol–water partition coefficient (Wildman–Crippen LogP) is 2.26. The second kappa shape index (κ2) is 5.20. The quantitative estimate of drug-likeness (QED) is 0.690. The summed E-state index contributed by atoms with van der Waals surface area (Å²) in [6.07, 6.45) is 2.45. The lowest BCUT2D eigenvalue weighted by molar-refractivity contribution is 0.367. The Labute approximate surface area is 120 Å². The van der Waals surface area contributed by atoms with E-state index in [1.807, 2.05) is 17.6 Å². The maximum atomic E-state index is 5.86. The maximum Gasteiger partial charge on any atom is 0.246 e.